The van der Waals surface area contributed by atoms with E-state index >= 15 is 0 Å². The molecule has 1 heterocycles. The zero-order valence-corrected chi connectivity index (χ0v) is 15.3. The molecular weight excluding hydrogens is 399 g/mol. The van der Waals surface area contributed by atoms with E-state index in [0.29, 0.717) is 5.92 Å². The van der Waals surface area contributed by atoms with E-state index in [9.17, 15) is 4.79 Å². The highest BCUT2D eigenvalue weighted by atomic mass is 127. The molecule has 0 aliphatic rings. The second-order valence-electron chi connectivity index (χ2n) is 5.21. The summed E-state index contributed by atoms with van der Waals surface area (Å²) < 4.78 is 3.32. The molecule has 0 saturated heterocycles. The Bertz CT molecular complexity index is 656. The number of imidazole rings is 1. The average molecular weight is 418 g/mol. The quantitative estimate of drug-likeness (QED) is 0.557. The zero-order valence-electron chi connectivity index (χ0n) is 12.3. The van der Waals surface area contributed by atoms with Gasteiger partial charge in [0, 0.05) is 9.61 Å². The van der Waals surface area contributed by atoms with Gasteiger partial charge in [-0.15, -0.1) is 0 Å². The molecule has 4 nitrogen and oxygen atoms in total. The minimum absolute atomic E-state index is 0.0354. The second-order valence-corrected chi connectivity index (χ2v) is 7.39. The maximum absolute atomic E-state index is 10.9. The summed E-state index contributed by atoms with van der Waals surface area (Å²) >= 11 is 3.56. The van der Waals surface area contributed by atoms with E-state index in [2.05, 4.69) is 65.0 Å². The molecule has 1 aromatic heterocycles. The Labute approximate surface area is 142 Å². The third-order valence-electron chi connectivity index (χ3n) is 3.82. The summed E-state index contributed by atoms with van der Waals surface area (Å²) in [7, 11) is 0. The lowest BCUT2D eigenvalue weighted by Gasteiger charge is -2.22. The van der Waals surface area contributed by atoms with Crippen LogP contribution < -0.4 is 0 Å². The van der Waals surface area contributed by atoms with Gasteiger partial charge in [0.25, 0.3) is 0 Å². The van der Waals surface area contributed by atoms with Gasteiger partial charge in [-0.3, -0.25) is 4.79 Å². The van der Waals surface area contributed by atoms with E-state index in [4.69, 9.17) is 5.11 Å². The molecule has 0 saturated carbocycles. The summed E-state index contributed by atoms with van der Waals surface area (Å²) in [6.45, 7) is 6.57. The van der Waals surface area contributed by atoms with Crippen LogP contribution in [0.5, 0.6) is 0 Å². The number of carboxylic acid groups (broad SMARTS) is 1. The van der Waals surface area contributed by atoms with Crippen molar-refractivity contribution in [3.8, 4) is 0 Å². The molecule has 2 aromatic rings. The first-order valence-electron chi connectivity index (χ1n) is 6.96. The van der Waals surface area contributed by atoms with Crippen LogP contribution in [0.3, 0.4) is 0 Å². The number of aliphatic carboxylic acids is 1. The smallest absolute Gasteiger partial charge is 0.313 e. The van der Waals surface area contributed by atoms with Gasteiger partial charge < -0.3 is 9.67 Å². The van der Waals surface area contributed by atoms with Crippen molar-refractivity contribution in [1.29, 1.82) is 0 Å². The Morgan fingerprint density at radius 1 is 1.48 bits per heavy atom. The Balaban J connectivity index is 2.51. The van der Waals surface area contributed by atoms with Crippen molar-refractivity contribution in [3.05, 3.63) is 21.8 Å². The Morgan fingerprint density at radius 3 is 2.81 bits per heavy atom. The summed E-state index contributed by atoms with van der Waals surface area (Å²) in [4.78, 5) is 15.5. The number of rotatable bonds is 6. The lowest BCUT2D eigenvalue weighted by atomic mass is 10.0. The lowest BCUT2D eigenvalue weighted by molar-refractivity contribution is -0.133. The molecule has 2 unspecified atom stereocenters. The molecule has 1 aromatic carbocycles. The Kier molecular flexibility index (Phi) is 5.54. The number of hydrogen-bond acceptors (Lipinski definition) is 3. The van der Waals surface area contributed by atoms with Crippen LogP contribution in [0.2, 0.25) is 0 Å². The van der Waals surface area contributed by atoms with E-state index in [-0.39, 0.29) is 11.8 Å². The van der Waals surface area contributed by atoms with Crippen molar-refractivity contribution in [3.63, 3.8) is 0 Å². The first kappa shape index (κ1) is 16.6. The fraction of sp³-hybridized carbons (Fsp3) is 0.467. The number of fused-ring (bicyclic) bond motifs is 1. The number of benzene rings is 1. The summed E-state index contributed by atoms with van der Waals surface area (Å²) in [6.07, 6.45) is 1.08. The van der Waals surface area contributed by atoms with Crippen LogP contribution in [0, 0.1) is 9.49 Å². The van der Waals surface area contributed by atoms with E-state index in [1.54, 1.807) is 0 Å². The van der Waals surface area contributed by atoms with Crippen molar-refractivity contribution < 1.29 is 9.90 Å². The predicted molar refractivity (Wildman–Crippen MR) is 95.0 cm³/mol. The summed E-state index contributed by atoms with van der Waals surface area (Å²) in [5.74, 6) is -0.275. The van der Waals surface area contributed by atoms with Crippen LogP contribution in [-0.4, -0.2) is 26.4 Å². The molecular formula is C15H19IN2O2S. The second kappa shape index (κ2) is 7.00. The van der Waals surface area contributed by atoms with Gasteiger partial charge in [0.1, 0.15) is 0 Å². The van der Waals surface area contributed by atoms with Gasteiger partial charge in [0.2, 0.25) is 0 Å². The number of thioether (sulfide) groups is 1. The van der Waals surface area contributed by atoms with Crippen LogP contribution in [-0.2, 0) is 4.79 Å². The summed E-state index contributed by atoms with van der Waals surface area (Å²) in [5, 5.41) is 9.71. The Hall–Kier alpha value is -0.760. The van der Waals surface area contributed by atoms with Crippen LogP contribution in [0.25, 0.3) is 11.0 Å². The number of carboxylic acids is 1. The third kappa shape index (κ3) is 3.71. The monoisotopic (exact) mass is 418 g/mol. The van der Waals surface area contributed by atoms with Crippen molar-refractivity contribution in [2.24, 2.45) is 5.92 Å². The zero-order chi connectivity index (χ0) is 15.6. The van der Waals surface area contributed by atoms with Crippen molar-refractivity contribution in [1.82, 2.24) is 9.55 Å². The molecule has 0 fully saturated rings. The van der Waals surface area contributed by atoms with Crippen LogP contribution in [0.15, 0.2) is 23.4 Å². The number of nitrogens with zero attached hydrogens (tertiary/aromatic N) is 2. The molecule has 1 N–H and O–H groups in total. The molecule has 0 aliphatic carbocycles. The van der Waals surface area contributed by atoms with Gasteiger partial charge >= 0.3 is 5.97 Å². The predicted octanol–water partition coefficient (Wildman–Crippen LogP) is 4.42. The molecule has 114 valence electrons. The van der Waals surface area contributed by atoms with Crippen molar-refractivity contribution in [2.45, 2.75) is 38.4 Å². The highest BCUT2D eigenvalue weighted by Crippen LogP contribution is 2.32. The fourth-order valence-electron chi connectivity index (χ4n) is 2.27. The number of halogens is 1. The minimum Gasteiger partial charge on any atom is -0.481 e. The van der Waals surface area contributed by atoms with Crippen LogP contribution in [0.1, 0.15) is 33.2 Å². The van der Waals surface area contributed by atoms with Gasteiger partial charge in [-0.1, -0.05) is 32.0 Å². The van der Waals surface area contributed by atoms with Gasteiger partial charge in [0.05, 0.1) is 16.8 Å². The van der Waals surface area contributed by atoms with Gasteiger partial charge in [-0.25, -0.2) is 4.98 Å². The molecule has 6 heteroatoms. The van der Waals surface area contributed by atoms with Crippen molar-refractivity contribution in [2.75, 3.05) is 5.75 Å². The summed E-state index contributed by atoms with van der Waals surface area (Å²) in [6, 6.07) is 6.47. The molecule has 0 spiro atoms. The molecule has 2 rings (SSSR count). The van der Waals surface area contributed by atoms with E-state index in [0.717, 1.165) is 26.2 Å². The molecule has 0 bridgehead atoms. The highest BCUT2D eigenvalue weighted by Gasteiger charge is 2.20. The molecule has 0 aliphatic heterocycles. The number of hydrogen-bond donors (Lipinski definition) is 1. The van der Waals surface area contributed by atoms with E-state index < -0.39 is 5.97 Å². The van der Waals surface area contributed by atoms with Crippen LogP contribution in [0.4, 0.5) is 0 Å². The van der Waals surface area contributed by atoms with E-state index in [1.807, 2.05) is 6.07 Å². The highest BCUT2D eigenvalue weighted by molar-refractivity contribution is 14.1. The third-order valence-corrected chi connectivity index (χ3v) is 5.43. The van der Waals surface area contributed by atoms with E-state index in [1.165, 1.54) is 11.8 Å². The van der Waals surface area contributed by atoms with Crippen molar-refractivity contribution >= 4 is 51.4 Å². The first-order valence-corrected chi connectivity index (χ1v) is 9.02. The topological polar surface area (TPSA) is 55.1 Å². The molecule has 2 atom stereocenters. The molecule has 0 amide bonds. The fourth-order valence-corrected chi connectivity index (χ4v) is 3.56. The van der Waals surface area contributed by atoms with Gasteiger partial charge in [-0.2, -0.15) is 0 Å². The first-order chi connectivity index (χ1) is 9.93. The number of carbonyl (C=O) groups is 1. The maximum Gasteiger partial charge on any atom is 0.313 e. The lowest BCUT2D eigenvalue weighted by Crippen LogP contribution is -2.15. The normalized spacial score (nSPS) is 14.3. The largest absolute Gasteiger partial charge is 0.481 e. The average Bonchev–Trinajstić information content (AvgIpc) is 2.80. The summed E-state index contributed by atoms with van der Waals surface area (Å²) in [5.41, 5.74) is 2.01. The molecule has 0 radical (unpaired) electrons. The standard InChI is InChI=1S/C15H19IN2O2S/c1-4-9(2)10(3)18-13-6-5-11(16)7-12(13)17-15(18)21-8-14(19)20/h5-7,9-10H,4,8H2,1-3H3,(H,19,20). The SMILES string of the molecule is CCC(C)C(C)n1c(SCC(=O)O)nc2cc(I)ccc21. The maximum atomic E-state index is 10.9. The minimum atomic E-state index is -0.815. The Morgan fingerprint density at radius 2 is 2.19 bits per heavy atom. The number of aromatic nitrogens is 2. The van der Waals surface area contributed by atoms with Gasteiger partial charge in [0.15, 0.2) is 5.16 Å². The van der Waals surface area contributed by atoms with Crippen LogP contribution >= 0.6 is 34.4 Å². The van der Waals surface area contributed by atoms with Gasteiger partial charge in [-0.05, 0) is 53.6 Å². The molecule has 21 heavy (non-hydrogen) atoms.